The zero-order valence-corrected chi connectivity index (χ0v) is 18.7. The van der Waals surface area contributed by atoms with Crippen LogP contribution in [0.15, 0.2) is 47.1 Å². The Kier molecular flexibility index (Phi) is 9.92. The van der Waals surface area contributed by atoms with Gasteiger partial charge >= 0.3 is 12.0 Å². The molecule has 0 aliphatic heterocycles. The molecule has 3 amide bonds. The van der Waals surface area contributed by atoms with Crippen LogP contribution in [0, 0.1) is 6.92 Å². The van der Waals surface area contributed by atoms with Gasteiger partial charge in [0.05, 0.1) is 12.5 Å². The van der Waals surface area contributed by atoms with Crippen molar-refractivity contribution in [2.45, 2.75) is 38.6 Å². The molecule has 166 valence electrons. The Morgan fingerprint density at radius 1 is 1.13 bits per heavy atom. The first-order valence-electron chi connectivity index (χ1n) is 9.82. The molecule has 5 N–H and O–H groups in total. The van der Waals surface area contributed by atoms with E-state index in [0.29, 0.717) is 18.5 Å². The maximum absolute atomic E-state index is 12.0. The Hall–Kier alpha value is -2.98. The average Bonchev–Trinajstić information content (AvgIpc) is 2.71. The highest BCUT2D eigenvalue weighted by Crippen LogP contribution is 2.19. The van der Waals surface area contributed by atoms with Gasteiger partial charge in [-0.05, 0) is 55.2 Å². The molecule has 9 nitrogen and oxygen atoms in total. The van der Waals surface area contributed by atoms with Crippen LogP contribution in [0.5, 0.6) is 0 Å². The molecule has 1 heterocycles. The van der Waals surface area contributed by atoms with E-state index in [4.69, 9.17) is 5.11 Å². The summed E-state index contributed by atoms with van der Waals surface area (Å²) in [6.45, 7) is 2.65. The molecule has 31 heavy (non-hydrogen) atoms. The monoisotopic (exact) mass is 491 g/mol. The van der Waals surface area contributed by atoms with Crippen LogP contribution in [0.2, 0.25) is 0 Å². The molecule has 0 radical (unpaired) electrons. The van der Waals surface area contributed by atoms with Crippen LogP contribution in [-0.4, -0.2) is 34.5 Å². The predicted octanol–water partition coefficient (Wildman–Crippen LogP) is 3.28. The Labute approximate surface area is 189 Å². The van der Waals surface area contributed by atoms with Crippen molar-refractivity contribution in [3.63, 3.8) is 0 Å². The number of nitrogens with one attached hydrogen (secondary N) is 4. The van der Waals surface area contributed by atoms with Crippen molar-refractivity contribution in [1.82, 2.24) is 21.2 Å². The summed E-state index contributed by atoms with van der Waals surface area (Å²) in [5.41, 5.74) is 6.81. The third-order valence-corrected chi connectivity index (χ3v) is 4.84. The van der Waals surface area contributed by atoms with Crippen LogP contribution >= 0.6 is 15.9 Å². The third-order valence-electron chi connectivity index (χ3n) is 4.32. The van der Waals surface area contributed by atoms with Crippen molar-refractivity contribution in [2.75, 3.05) is 11.9 Å². The summed E-state index contributed by atoms with van der Waals surface area (Å²) in [6.07, 6.45) is 3.04. The maximum atomic E-state index is 12.0. The number of hydrogen-bond acceptors (Lipinski definition) is 6. The minimum absolute atomic E-state index is 0.196. The predicted molar refractivity (Wildman–Crippen MR) is 120 cm³/mol. The molecule has 0 bridgehead atoms. The normalized spacial score (nSPS) is 11.4. The van der Waals surface area contributed by atoms with Gasteiger partial charge in [-0.1, -0.05) is 28.1 Å². The molecule has 1 unspecified atom stereocenters. The molecule has 0 saturated heterocycles. The molecular formula is C21H26BrN5O4. The number of carboxylic acids is 1. The number of halogens is 1. The number of nitrogens with zero attached hydrogens (tertiary/aromatic N) is 1. The first kappa shape index (κ1) is 24.3. The summed E-state index contributed by atoms with van der Waals surface area (Å²) in [5, 5.41) is 14.5. The van der Waals surface area contributed by atoms with Crippen molar-refractivity contribution < 1.29 is 19.5 Å². The van der Waals surface area contributed by atoms with Crippen molar-refractivity contribution >= 4 is 39.7 Å². The fourth-order valence-electron chi connectivity index (χ4n) is 2.75. The van der Waals surface area contributed by atoms with Gasteiger partial charge in [-0.2, -0.15) is 0 Å². The van der Waals surface area contributed by atoms with Crippen molar-refractivity contribution in [2.24, 2.45) is 0 Å². The van der Waals surface area contributed by atoms with Crippen LogP contribution in [0.1, 0.15) is 42.9 Å². The number of urea groups is 1. The largest absolute Gasteiger partial charge is 0.481 e. The SMILES string of the molecule is Cc1ccnc(NCCCCC(=O)NC(=O)NNC(CC(=O)O)c2ccc(Br)cc2)c1. The van der Waals surface area contributed by atoms with E-state index >= 15 is 0 Å². The van der Waals surface area contributed by atoms with Crippen LogP contribution in [0.4, 0.5) is 10.6 Å². The second-order valence-corrected chi connectivity index (χ2v) is 7.87. The lowest BCUT2D eigenvalue weighted by Crippen LogP contribution is -2.47. The first-order chi connectivity index (χ1) is 14.8. The highest BCUT2D eigenvalue weighted by molar-refractivity contribution is 9.10. The lowest BCUT2D eigenvalue weighted by molar-refractivity contribution is -0.137. The number of aryl methyl sites for hydroxylation is 1. The van der Waals surface area contributed by atoms with Gasteiger partial charge in [-0.25, -0.2) is 15.2 Å². The molecule has 2 rings (SSSR count). The fraction of sp³-hybridized carbons (Fsp3) is 0.333. The number of anilines is 1. The summed E-state index contributed by atoms with van der Waals surface area (Å²) < 4.78 is 0.854. The number of amides is 3. The Morgan fingerprint density at radius 3 is 2.55 bits per heavy atom. The minimum Gasteiger partial charge on any atom is -0.481 e. The fourth-order valence-corrected chi connectivity index (χ4v) is 3.02. The number of carboxylic acid groups (broad SMARTS) is 1. The molecule has 0 saturated carbocycles. The van der Waals surface area contributed by atoms with Crippen LogP contribution in [-0.2, 0) is 9.59 Å². The summed E-state index contributed by atoms with van der Waals surface area (Å²) in [5.74, 6) is -0.642. The number of rotatable bonds is 11. The van der Waals surface area contributed by atoms with E-state index in [0.717, 1.165) is 22.3 Å². The van der Waals surface area contributed by atoms with E-state index in [1.165, 1.54) is 0 Å². The third kappa shape index (κ3) is 9.58. The first-order valence-corrected chi connectivity index (χ1v) is 10.6. The summed E-state index contributed by atoms with van der Waals surface area (Å²) in [4.78, 5) is 39.2. The van der Waals surface area contributed by atoms with Gasteiger partial charge in [-0.15, -0.1) is 0 Å². The molecule has 0 spiro atoms. The van der Waals surface area contributed by atoms with Crippen LogP contribution < -0.4 is 21.5 Å². The second-order valence-electron chi connectivity index (χ2n) is 6.95. The number of unbranched alkanes of at least 4 members (excludes halogenated alkanes) is 1. The van der Waals surface area contributed by atoms with Crippen LogP contribution in [0.25, 0.3) is 0 Å². The second kappa shape index (κ2) is 12.7. The highest BCUT2D eigenvalue weighted by atomic mass is 79.9. The van der Waals surface area contributed by atoms with Crippen molar-refractivity contribution in [3.8, 4) is 0 Å². The molecule has 1 atom stereocenters. The number of benzene rings is 1. The highest BCUT2D eigenvalue weighted by Gasteiger charge is 2.17. The van der Waals surface area contributed by atoms with Gasteiger partial charge in [-0.3, -0.25) is 20.3 Å². The lowest BCUT2D eigenvalue weighted by atomic mass is 10.0. The van der Waals surface area contributed by atoms with Gasteiger partial charge in [0.15, 0.2) is 0 Å². The van der Waals surface area contributed by atoms with E-state index in [2.05, 4.69) is 42.4 Å². The molecule has 0 aliphatic carbocycles. The zero-order valence-electron chi connectivity index (χ0n) is 17.2. The number of carbonyl (C=O) groups excluding carboxylic acids is 2. The van der Waals surface area contributed by atoms with E-state index in [1.807, 2.05) is 19.1 Å². The minimum atomic E-state index is -1.02. The number of carbonyl (C=O) groups is 3. The molecule has 0 aliphatic rings. The summed E-state index contributed by atoms with van der Waals surface area (Å²) in [6, 6.07) is 9.52. The number of hydrazine groups is 1. The number of hydrogen-bond donors (Lipinski definition) is 5. The molecule has 10 heteroatoms. The summed E-state index contributed by atoms with van der Waals surface area (Å²) >= 11 is 3.32. The number of aliphatic carboxylic acids is 1. The number of aromatic nitrogens is 1. The van der Waals surface area contributed by atoms with E-state index in [-0.39, 0.29) is 12.8 Å². The van der Waals surface area contributed by atoms with Gasteiger partial charge < -0.3 is 10.4 Å². The zero-order chi connectivity index (χ0) is 22.6. The van der Waals surface area contributed by atoms with Crippen molar-refractivity contribution in [1.29, 1.82) is 0 Å². The Morgan fingerprint density at radius 2 is 1.87 bits per heavy atom. The topological polar surface area (TPSA) is 132 Å². The van der Waals surface area contributed by atoms with E-state index in [9.17, 15) is 14.4 Å². The average molecular weight is 492 g/mol. The standard InChI is InChI=1S/C21H26BrN5O4/c1-14-9-11-24-18(12-14)23-10-3-2-4-19(28)25-21(31)27-26-17(13-20(29)30)15-5-7-16(22)8-6-15/h5-9,11-12,17,26H,2-4,10,13H2,1H3,(H,23,24)(H,29,30)(H2,25,27,28,31). The maximum Gasteiger partial charge on any atom is 0.335 e. The smallest absolute Gasteiger partial charge is 0.335 e. The quantitative estimate of drug-likeness (QED) is 0.240. The Bertz CT molecular complexity index is 892. The van der Waals surface area contributed by atoms with E-state index in [1.54, 1.807) is 30.5 Å². The van der Waals surface area contributed by atoms with E-state index < -0.39 is 23.9 Å². The van der Waals surface area contributed by atoms with Gasteiger partial charge in [0.1, 0.15) is 5.82 Å². The van der Waals surface area contributed by atoms with Crippen molar-refractivity contribution in [3.05, 3.63) is 58.2 Å². The van der Waals surface area contributed by atoms with Gasteiger partial charge in [0.25, 0.3) is 0 Å². The Balaban J connectivity index is 1.68. The number of imide groups is 1. The molecule has 2 aromatic rings. The van der Waals surface area contributed by atoms with Gasteiger partial charge in [0, 0.05) is 23.6 Å². The molecule has 0 fully saturated rings. The molecule has 1 aromatic carbocycles. The lowest BCUT2D eigenvalue weighted by Gasteiger charge is -2.18. The molecular weight excluding hydrogens is 466 g/mol. The van der Waals surface area contributed by atoms with Gasteiger partial charge in [0.2, 0.25) is 5.91 Å². The number of pyridine rings is 1. The molecule has 1 aromatic heterocycles. The van der Waals surface area contributed by atoms with Crippen LogP contribution in [0.3, 0.4) is 0 Å². The summed E-state index contributed by atoms with van der Waals surface area (Å²) in [7, 11) is 0.